The first-order chi connectivity index (χ1) is 10.5. The number of carbonyl (C=O) groups is 1. The van der Waals surface area contributed by atoms with Gasteiger partial charge in [0.15, 0.2) is 0 Å². The van der Waals surface area contributed by atoms with Crippen LogP contribution in [0.3, 0.4) is 0 Å². The second-order valence-corrected chi connectivity index (χ2v) is 5.62. The van der Waals surface area contributed by atoms with Gasteiger partial charge in [0.2, 0.25) is 5.88 Å². The van der Waals surface area contributed by atoms with E-state index in [2.05, 4.69) is 20.9 Å². The van der Waals surface area contributed by atoms with Crippen molar-refractivity contribution in [3.8, 4) is 11.6 Å². The van der Waals surface area contributed by atoms with Gasteiger partial charge in [0.05, 0.1) is 19.8 Å². The highest BCUT2D eigenvalue weighted by Gasteiger charge is 2.15. The number of methoxy groups -OCH3 is 2. The van der Waals surface area contributed by atoms with E-state index < -0.39 is 0 Å². The molecule has 0 bridgehead atoms. The third kappa shape index (κ3) is 3.76. The van der Waals surface area contributed by atoms with Crippen molar-refractivity contribution in [3.05, 3.63) is 52.1 Å². The highest BCUT2D eigenvalue weighted by molar-refractivity contribution is 9.10. The van der Waals surface area contributed by atoms with Crippen LogP contribution in [0.5, 0.6) is 11.6 Å². The van der Waals surface area contributed by atoms with Gasteiger partial charge in [-0.15, -0.1) is 0 Å². The minimum Gasteiger partial charge on any atom is -0.496 e. The summed E-state index contributed by atoms with van der Waals surface area (Å²) in [6.45, 7) is 0.438. The normalized spacial score (nSPS) is 10.2. The molecule has 0 unspecified atom stereocenters. The van der Waals surface area contributed by atoms with Crippen molar-refractivity contribution < 1.29 is 14.3 Å². The van der Waals surface area contributed by atoms with Gasteiger partial charge >= 0.3 is 0 Å². The van der Waals surface area contributed by atoms with E-state index in [1.807, 2.05) is 18.2 Å². The molecule has 1 aromatic heterocycles. The predicted molar refractivity (Wildman–Crippen MR) is 87.3 cm³/mol. The van der Waals surface area contributed by atoms with Crippen LogP contribution in [-0.4, -0.2) is 37.1 Å². The van der Waals surface area contributed by atoms with Crippen LogP contribution in [0.1, 0.15) is 15.9 Å². The quantitative estimate of drug-likeness (QED) is 0.817. The summed E-state index contributed by atoms with van der Waals surface area (Å²) < 4.78 is 11.3. The molecule has 1 amide bonds. The van der Waals surface area contributed by atoms with Gasteiger partial charge in [0.25, 0.3) is 5.91 Å². The number of benzene rings is 1. The summed E-state index contributed by atoms with van der Waals surface area (Å²) in [6.07, 6.45) is 1.51. The summed E-state index contributed by atoms with van der Waals surface area (Å²) in [5.41, 5.74) is 1.44. The van der Waals surface area contributed by atoms with Crippen LogP contribution in [0.4, 0.5) is 0 Å². The highest BCUT2D eigenvalue weighted by Crippen LogP contribution is 2.24. The van der Waals surface area contributed by atoms with Crippen molar-refractivity contribution in [1.29, 1.82) is 0 Å². The molecule has 0 spiro atoms. The average Bonchev–Trinajstić information content (AvgIpc) is 2.54. The van der Waals surface area contributed by atoms with E-state index in [0.717, 1.165) is 15.8 Å². The molecule has 0 fully saturated rings. The maximum atomic E-state index is 12.4. The Morgan fingerprint density at radius 3 is 2.59 bits per heavy atom. The predicted octanol–water partition coefficient (Wildman–Crippen LogP) is 3.13. The molecule has 0 N–H and O–H groups in total. The summed E-state index contributed by atoms with van der Waals surface area (Å²) in [6, 6.07) is 9.07. The van der Waals surface area contributed by atoms with Crippen molar-refractivity contribution >= 4 is 21.8 Å². The molecule has 0 atom stereocenters. The van der Waals surface area contributed by atoms with E-state index in [1.165, 1.54) is 13.3 Å². The standard InChI is InChI=1S/C16H17BrN2O3/c1-19(10-12-8-13(17)5-6-14(12)21-2)16(20)11-4-7-15(22-3)18-9-11/h4-9H,10H2,1-3H3. The zero-order chi connectivity index (χ0) is 16.1. The van der Waals surface area contributed by atoms with E-state index in [9.17, 15) is 4.79 Å². The van der Waals surface area contributed by atoms with E-state index in [1.54, 1.807) is 31.2 Å². The Balaban J connectivity index is 2.15. The summed E-state index contributed by atoms with van der Waals surface area (Å²) in [4.78, 5) is 18.1. The zero-order valence-electron chi connectivity index (χ0n) is 12.7. The molecule has 0 aliphatic carbocycles. The highest BCUT2D eigenvalue weighted by atomic mass is 79.9. The maximum absolute atomic E-state index is 12.4. The summed E-state index contributed by atoms with van der Waals surface area (Å²) >= 11 is 3.43. The molecule has 1 heterocycles. The fourth-order valence-electron chi connectivity index (χ4n) is 2.05. The fraction of sp³-hybridized carbons (Fsp3) is 0.250. The van der Waals surface area contributed by atoms with Gasteiger partial charge in [0.1, 0.15) is 5.75 Å². The molecule has 0 aliphatic rings. The van der Waals surface area contributed by atoms with Crippen molar-refractivity contribution in [1.82, 2.24) is 9.88 Å². The number of halogens is 1. The second kappa shape index (κ2) is 7.26. The van der Waals surface area contributed by atoms with Gasteiger partial charge in [-0.2, -0.15) is 0 Å². The maximum Gasteiger partial charge on any atom is 0.255 e. The van der Waals surface area contributed by atoms with E-state index in [-0.39, 0.29) is 5.91 Å². The summed E-state index contributed by atoms with van der Waals surface area (Å²) in [5.74, 6) is 1.11. The van der Waals surface area contributed by atoms with E-state index in [4.69, 9.17) is 9.47 Å². The summed E-state index contributed by atoms with van der Waals surface area (Å²) in [5, 5.41) is 0. The lowest BCUT2D eigenvalue weighted by molar-refractivity contribution is 0.0783. The number of pyridine rings is 1. The number of nitrogens with zero attached hydrogens (tertiary/aromatic N) is 2. The molecule has 0 aliphatic heterocycles. The molecule has 1 aromatic carbocycles. The van der Waals surface area contributed by atoms with E-state index >= 15 is 0 Å². The lowest BCUT2D eigenvalue weighted by atomic mass is 10.1. The minimum atomic E-state index is -0.114. The van der Waals surface area contributed by atoms with Crippen LogP contribution >= 0.6 is 15.9 Å². The number of rotatable bonds is 5. The number of ether oxygens (including phenoxy) is 2. The van der Waals surface area contributed by atoms with E-state index in [0.29, 0.717) is 18.0 Å². The lowest BCUT2D eigenvalue weighted by Gasteiger charge is -2.19. The number of amides is 1. The molecule has 0 saturated carbocycles. The first-order valence-corrected chi connectivity index (χ1v) is 7.42. The lowest BCUT2D eigenvalue weighted by Crippen LogP contribution is -2.26. The van der Waals surface area contributed by atoms with Crippen molar-refractivity contribution in [2.24, 2.45) is 0 Å². The molecule has 0 saturated heterocycles. The Labute approximate surface area is 138 Å². The fourth-order valence-corrected chi connectivity index (χ4v) is 2.45. The van der Waals surface area contributed by atoms with Gasteiger partial charge in [0, 0.05) is 35.9 Å². The number of hydrogen-bond donors (Lipinski definition) is 0. The molecule has 116 valence electrons. The first-order valence-electron chi connectivity index (χ1n) is 6.63. The Morgan fingerprint density at radius 2 is 2.00 bits per heavy atom. The smallest absolute Gasteiger partial charge is 0.255 e. The third-order valence-corrected chi connectivity index (χ3v) is 3.68. The van der Waals surface area contributed by atoms with Gasteiger partial charge in [-0.3, -0.25) is 4.79 Å². The Kier molecular flexibility index (Phi) is 5.38. The topological polar surface area (TPSA) is 51.7 Å². The molecule has 22 heavy (non-hydrogen) atoms. The van der Waals surface area contributed by atoms with Crippen molar-refractivity contribution in [3.63, 3.8) is 0 Å². The first kappa shape index (κ1) is 16.3. The second-order valence-electron chi connectivity index (χ2n) is 4.71. The van der Waals surface area contributed by atoms with Gasteiger partial charge in [-0.05, 0) is 24.3 Å². The Hall–Kier alpha value is -2.08. The Bertz CT molecular complexity index is 659. The molecule has 2 aromatic rings. The van der Waals surface area contributed by atoms with Crippen LogP contribution in [0.15, 0.2) is 41.0 Å². The van der Waals surface area contributed by atoms with Gasteiger partial charge in [-0.1, -0.05) is 15.9 Å². The SMILES string of the molecule is COc1ccc(C(=O)N(C)Cc2cc(Br)ccc2OC)cn1. The summed E-state index contributed by atoms with van der Waals surface area (Å²) in [7, 11) is 4.89. The molecular formula is C16H17BrN2O3. The van der Waals surface area contributed by atoms with Crippen LogP contribution in [-0.2, 0) is 6.54 Å². The van der Waals surface area contributed by atoms with Gasteiger partial charge in [-0.25, -0.2) is 4.98 Å². The zero-order valence-corrected chi connectivity index (χ0v) is 14.3. The van der Waals surface area contributed by atoms with Crippen molar-refractivity contribution in [2.45, 2.75) is 6.54 Å². The van der Waals surface area contributed by atoms with Crippen LogP contribution in [0, 0.1) is 0 Å². The van der Waals surface area contributed by atoms with Crippen molar-refractivity contribution in [2.75, 3.05) is 21.3 Å². The molecule has 5 nitrogen and oxygen atoms in total. The number of hydrogen-bond acceptors (Lipinski definition) is 4. The third-order valence-electron chi connectivity index (χ3n) is 3.19. The molecule has 0 radical (unpaired) electrons. The Morgan fingerprint density at radius 1 is 1.23 bits per heavy atom. The molecule has 6 heteroatoms. The average molecular weight is 365 g/mol. The molecule has 2 rings (SSSR count). The number of carbonyl (C=O) groups excluding carboxylic acids is 1. The largest absolute Gasteiger partial charge is 0.496 e. The van der Waals surface area contributed by atoms with Crippen LogP contribution < -0.4 is 9.47 Å². The van der Waals surface area contributed by atoms with Gasteiger partial charge < -0.3 is 14.4 Å². The number of aromatic nitrogens is 1. The monoisotopic (exact) mass is 364 g/mol. The molecular weight excluding hydrogens is 348 g/mol. The minimum absolute atomic E-state index is 0.114. The van der Waals surface area contributed by atoms with Crippen LogP contribution in [0.25, 0.3) is 0 Å². The van der Waals surface area contributed by atoms with Crippen LogP contribution in [0.2, 0.25) is 0 Å².